The van der Waals surface area contributed by atoms with E-state index in [1.165, 1.54) is 128 Å². The van der Waals surface area contributed by atoms with E-state index in [0.717, 1.165) is 45.1 Å². The lowest BCUT2D eigenvalue weighted by Crippen LogP contribution is -2.43. The van der Waals surface area contributed by atoms with E-state index in [1.54, 1.807) is 4.90 Å². The number of nitrogens with zero attached hydrogens (tertiary/aromatic N) is 2. The minimum Gasteiger partial charge on any atom is -0.465 e. The van der Waals surface area contributed by atoms with Gasteiger partial charge in [-0.15, -0.1) is 0 Å². The third-order valence-corrected chi connectivity index (χ3v) is 8.95. The number of rotatable bonds is 34. The molecule has 0 aliphatic carbocycles. The van der Waals surface area contributed by atoms with Crippen molar-refractivity contribution in [2.24, 2.45) is 0 Å². The zero-order valence-electron chi connectivity index (χ0n) is 31.2. The zero-order chi connectivity index (χ0) is 33.8. The fourth-order valence-corrected chi connectivity index (χ4v) is 5.93. The molecule has 0 aliphatic heterocycles. The van der Waals surface area contributed by atoms with Gasteiger partial charge in [0.2, 0.25) is 0 Å². The van der Waals surface area contributed by atoms with Gasteiger partial charge in [0.15, 0.2) is 0 Å². The third kappa shape index (κ3) is 32.1. The summed E-state index contributed by atoms with van der Waals surface area (Å²) in [5, 5.41) is 10.0. The van der Waals surface area contributed by atoms with E-state index in [2.05, 4.69) is 67.4 Å². The third-order valence-electron chi connectivity index (χ3n) is 8.95. The molecule has 0 rings (SSSR count). The molecule has 0 saturated heterocycles. The van der Waals surface area contributed by atoms with Crippen LogP contribution in [0.1, 0.15) is 181 Å². The molecule has 1 N–H and O–H groups in total. The second kappa shape index (κ2) is 36.0. The van der Waals surface area contributed by atoms with Crippen molar-refractivity contribution in [2.75, 3.05) is 27.2 Å². The molecule has 0 aliphatic rings. The number of hydrogen-bond donors (Lipinski definition) is 1. The molecule has 0 unspecified atom stereocenters. The van der Waals surface area contributed by atoms with Gasteiger partial charge in [-0.1, -0.05) is 152 Å². The highest BCUT2D eigenvalue weighted by Crippen LogP contribution is 2.20. The highest BCUT2D eigenvalue weighted by Gasteiger charge is 2.22. The first-order valence-electron chi connectivity index (χ1n) is 19.8. The summed E-state index contributed by atoms with van der Waals surface area (Å²) < 4.78 is 0. The van der Waals surface area contributed by atoms with Crippen LogP contribution in [0.3, 0.4) is 0 Å². The zero-order valence-corrected chi connectivity index (χ0v) is 31.2. The van der Waals surface area contributed by atoms with E-state index >= 15 is 0 Å². The summed E-state index contributed by atoms with van der Waals surface area (Å²) in [6, 6.07) is 0.161. The van der Waals surface area contributed by atoms with Gasteiger partial charge < -0.3 is 14.9 Å². The molecule has 0 heterocycles. The first-order valence-corrected chi connectivity index (χ1v) is 19.8. The van der Waals surface area contributed by atoms with Crippen molar-refractivity contribution in [2.45, 2.75) is 187 Å². The SMILES string of the molecule is CCCCC/C=C\C/C=C\CCCCCCCCC(CCCCCCCC/C=C\C/C=C\CCCCC)N(CCN(C)C)C(=O)O. The van der Waals surface area contributed by atoms with Crippen LogP contribution in [0.4, 0.5) is 4.79 Å². The topological polar surface area (TPSA) is 43.8 Å². The van der Waals surface area contributed by atoms with Crippen LogP contribution in [0.5, 0.6) is 0 Å². The van der Waals surface area contributed by atoms with Crippen LogP contribution >= 0.6 is 0 Å². The Morgan fingerprint density at radius 2 is 0.848 bits per heavy atom. The van der Waals surface area contributed by atoms with Crippen molar-refractivity contribution in [3.63, 3.8) is 0 Å². The van der Waals surface area contributed by atoms with Gasteiger partial charge in [0, 0.05) is 19.1 Å². The standard InChI is InChI=1S/C42H78N2O2/c1-5-7-9-11-13-15-17-19-21-23-25-27-29-31-33-35-37-41(44(42(45)46)40-39-43(3)4)38-36-34-32-30-28-26-24-22-20-18-16-14-12-10-8-6-2/h13-16,19-22,41H,5-12,17-18,23-40H2,1-4H3,(H,45,46)/b15-13-,16-14-,21-19-,22-20-. The van der Waals surface area contributed by atoms with E-state index < -0.39 is 6.09 Å². The van der Waals surface area contributed by atoms with E-state index in [-0.39, 0.29) is 6.04 Å². The number of carboxylic acid groups (broad SMARTS) is 1. The van der Waals surface area contributed by atoms with Crippen LogP contribution in [0.2, 0.25) is 0 Å². The second-order valence-electron chi connectivity index (χ2n) is 13.7. The molecule has 46 heavy (non-hydrogen) atoms. The summed E-state index contributed by atoms with van der Waals surface area (Å²) in [5.74, 6) is 0. The van der Waals surface area contributed by atoms with Gasteiger partial charge in [0.1, 0.15) is 0 Å². The molecule has 0 spiro atoms. The lowest BCUT2D eigenvalue weighted by molar-refractivity contribution is 0.111. The van der Waals surface area contributed by atoms with Crippen molar-refractivity contribution in [1.82, 2.24) is 9.80 Å². The fraction of sp³-hybridized carbons (Fsp3) is 0.786. The molecule has 0 atom stereocenters. The van der Waals surface area contributed by atoms with Crippen LogP contribution in [0.15, 0.2) is 48.6 Å². The number of amides is 1. The average molecular weight is 643 g/mol. The van der Waals surface area contributed by atoms with E-state index in [4.69, 9.17) is 0 Å². The lowest BCUT2D eigenvalue weighted by Gasteiger charge is -2.30. The van der Waals surface area contributed by atoms with Crippen molar-refractivity contribution in [3.8, 4) is 0 Å². The molecule has 0 fully saturated rings. The molecule has 0 radical (unpaired) electrons. The maximum atomic E-state index is 12.2. The van der Waals surface area contributed by atoms with Crippen molar-refractivity contribution >= 4 is 6.09 Å². The Bertz CT molecular complexity index is 707. The highest BCUT2D eigenvalue weighted by atomic mass is 16.4. The second-order valence-corrected chi connectivity index (χ2v) is 13.7. The van der Waals surface area contributed by atoms with E-state index in [9.17, 15) is 9.90 Å². The van der Waals surface area contributed by atoms with Crippen molar-refractivity contribution in [3.05, 3.63) is 48.6 Å². The van der Waals surface area contributed by atoms with Gasteiger partial charge in [-0.3, -0.25) is 0 Å². The number of hydrogen-bond acceptors (Lipinski definition) is 2. The van der Waals surface area contributed by atoms with Crippen LogP contribution in [0, 0.1) is 0 Å². The van der Waals surface area contributed by atoms with Gasteiger partial charge >= 0.3 is 6.09 Å². The molecular weight excluding hydrogens is 564 g/mol. The first-order chi connectivity index (χ1) is 22.5. The molecule has 4 nitrogen and oxygen atoms in total. The largest absolute Gasteiger partial charge is 0.465 e. The summed E-state index contributed by atoms with van der Waals surface area (Å²) in [5.41, 5.74) is 0. The Hall–Kier alpha value is -1.81. The Balaban J connectivity index is 4.15. The Morgan fingerprint density at radius 1 is 0.500 bits per heavy atom. The number of allylic oxidation sites excluding steroid dienone is 8. The maximum absolute atomic E-state index is 12.2. The number of unbranched alkanes of at least 4 members (excludes halogenated alkanes) is 18. The van der Waals surface area contributed by atoms with Crippen LogP contribution < -0.4 is 0 Å². The Morgan fingerprint density at radius 3 is 1.20 bits per heavy atom. The van der Waals surface area contributed by atoms with E-state index in [1.807, 2.05) is 14.1 Å². The predicted molar refractivity (Wildman–Crippen MR) is 205 cm³/mol. The van der Waals surface area contributed by atoms with Gasteiger partial charge in [0.05, 0.1) is 0 Å². The fourth-order valence-electron chi connectivity index (χ4n) is 5.93. The molecular formula is C42H78N2O2. The van der Waals surface area contributed by atoms with Gasteiger partial charge in [-0.2, -0.15) is 0 Å². The van der Waals surface area contributed by atoms with Gasteiger partial charge in [0.25, 0.3) is 0 Å². The predicted octanol–water partition coefficient (Wildman–Crippen LogP) is 13.3. The number of likely N-dealkylation sites (N-methyl/N-ethyl adjacent to an activating group) is 1. The molecule has 4 heteroatoms. The van der Waals surface area contributed by atoms with Crippen molar-refractivity contribution < 1.29 is 9.90 Å². The van der Waals surface area contributed by atoms with Crippen LogP contribution in [-0.4, -0.2) is 54.2 Å². The summed E-state index contributed by atoms with van der Waals surface area (Å²) in [4.78, 5) is 16.0. The van der Waals surface area contributed by atoms with Crippen molar-refractivity contribution in [1.29, 1.82) is 0 Å². The quantitative estimate of drug-likeness (QED) is 0.0561. The van der Waals surface area contributed by atoms with Gasteiger partial charge in [-0.05, 0) is 91.1 Å². The average Bonchev–Trinajstić information content (AvgIpc) is 3.03. The normalized spacial score (nSPS) is 12.4. The summed E-state index contributed by atoms with van der Waals surface area (Å²) in [6.07, 6.45) is 49.8. The lowest BCUT2D eigenvalue weighted by atomic mass is 9.98. The molecule has 0 saturated carbocycles. The minimum absolute atomic E-state index is 0.161. The summed E-state index contributed by atoms with van der Waals surface area (Å²) in [7, 11) is 4.06. The molecule has 0 bridgehead atoms. The monoisotopic (exact) mass is 643 g/mol. The molecule has 268 valence electrons. The Kier molecular flexibility index (Phi) is 34.6. The smallest absolute Gasteiger partial charge is 0.407 e. The van der Waals surface area contributed by atoms with Gasteiger partial charge in [-0.25, -0.2) is 4.79 Å². The maximum Gasteiger partial charge on any atom is 0.407 e. The van der Waals surface area contributed by atoms with Crippen LogP contribution in [0.25, 0.3) is 0 Å². The Labute approximate surface area is 287 Å². The molecule has 1 amide bonds. The van der Waals surface area contributed by atoms with E-state index in [0.29, 0.717) is 6.54 Å². The van der Waals surface area contributed by atoms with Crippen LogP contribution in [-0.2, 0) is 0 Å². The molecule has 0 aromatic heterocycles. The number of carbonyl (C=O) groups is 1. The molecule has 0 aromatic rings. The summed E-state index contributed by atoms with van der Waals surface area (Å²) >= 11 is 0. The highest BCUT2D eigenvalue weighted by molar-refractivity contribution is 5.65. The first kappa shape index (κ1) is 44.2. The minimum atomic E-state index is -0.744. The molecule has 0 aromatic carbocycles. The summed E-state index contributed by atoms with van der Waals surface area (Å²) in [6.45, 7) is 5.91.